The van der Waals surface area contributed by atoms with Crippen molar-refractivity contribution in [1.82, 2.24) is 15.0 Å². The zero-order valence-corrected chi connectivity index (χ0v) is 15.0. The minimum absolute atomic E-state index is 0.108. The minimum atomic E-state index is -0.343. The molecule has 0 N–H and O–H groups in total. The quantitative estimate of drug-likeness (QED) is 0.800. The van der Waals surface area contributed by atoms with Gasteiger partial charge in [0.05, 0.1) is 0 Å². The molecule has 1 aromatic carbocycles. The molecule has 4 rings (SSSR count). The number of nitrogens with zero attached hydrogens (tertiary/aromatic N) is 3. The lowest BCUT2D eigenvalue weighted by atomic mass is 10.00. The predicted octanol–water partition coefficient (Wildman–Crippen LogP) is 2.85. The normalized spacial score (nSPS) is 20.8. The zero-order valence-electron chi connectivity index (χ0n) is 15.0. The van der Waals surface area contributed by atoms with Crippen LogP contribution in [0.4, 0.5) is 4.39 Å². The van der Waals surface area contributed by atoms with E-state index in [0.29, 0.717) is 37.2 Å². The van der Waals surface area contributed by atoms with Gasteiger partial charge in [-0.25, -0.2) is 4.39 Å². The molecule has 144 valence electrons. The van der Waals surface area contributed by atoms with Crippen molar-refractivity contribution in [3.8, 4) is 5.75 Å². The number of hydrogen-bond acceptors (Lipinski definition) is 6. The molecule has 1 unspecified atom stereocenters. The van der Waals surface area contributed by atoms with E-state index >= 15 is 0 Å². The lowest BCUT2D eigenvalue weighted by Crippen LogP contribution is -2.34. The standard InChI is InChI=1S/C19H22FN3O4/c20-14-3-5-15(6-4-14)26-12-17(24)23-9-1-2-16(23)19-21-18(22-27-19)13-7-10-25-11-8-13/h3-6,13,16H,1-2,7-12H2. The van der Waals surface area contributed by atoms with Crippen LogP contribution in [0, 0.1) is 5.82 Å². The maximum absolute atomic E-state index is 12.9. The van der Waals surface area contributed by atoms with Crippen LogP contribution in [0.15, 0.2) is 28.8 Å². The van der Waals surface area contributed by atoms with Crippen LogP contribution in [0.5, 0.6) is 5.75 Å². The van der Waals surface area contributed by atoms with Gasteiger partial charge < -0.3 is 18.9 Å². The molecule has 1 atom stereocenters. The summed E-state index contributed by atoms with van der Waals surface area (Å²) < 4.78 is 29.3. The number of hydrogen-bond donors (Lipinski definition) is 0. The third-order valence-electron chi connectivity index (χ3n) is 5.08. The summed E-state index contributed by atoms with van der Waals surface area (Å²) in [5, 5.41) is 4.13. The maximum atomic E-state index is 12.9. The van der Waals surface area contributed by atoms with Gasteiger partial charge in [0.1, 0.15) is 17.6 Å². The first-order valence-electron chi connectivity index (χ1n) is 9.30. The second-order valence-electron chi connectivity index (χ2n) is 6.87. The molecule has 1 amide bonds. The lowest BCUT2D eigenvalue weighted by Gasteiger charge is -2.22. The van der Waals surface area contributed by atoms with E-state index in [1.807, 2.05) is 0 Å². The first-order valence-corrected chi connectivity index (χ1v) is 9.30. The molecule has 2 saturated heterocycles. The van der Waals surface area contributed by atoms with Crippen LogP contribution in [0.2, 0.25) is 0 Å². The number of ether oxygens (including phenoxy) is 2. The number of rotatable bonds is 5. The van der Waals surface area contributed by atoms with Crippen LogP contribution in [0.1, 0.15) is 49.4 Å². The fourth-order valence-electron chi connectivity index (χ4n) is 3.58. The average Bonchev–Trinajstić information content (AvgIpc) is 3.37. The second-order valence-corrected chi connectivity index (χ2v) is 6.87. The van der Waals surface area contributed by atoms with E-state index < -0.39 is 0 Å². The molecule has 8 heteroatoms. The molecular formula is C19H22FN3O4. The van der Waals surface area contributed by atoms with Gasteiger partial charge in [-0.15, -0.1) is 0 Å². The molecule has 1 aromatic heterocycles. The molecule has 2 aromatic rings. The van der Waals surface area contributed by atoms with Gasteiger partial charge >= 0.3 is 0 Å². The van der Waals surface area contributed by atoms with Crippen molar-refractivity contribution >= 4 is 5.91 Å². The highest BCUT2D eigenvalue weighted by atomic mass is 19.1. The van der Waals surface area contributed by atoms with Gasteiger partial charge in [-0.3, -0.25) is 4.79 Å². The number of halogens is 1. The Hall–Kier alpha value is -2.48. The number of amides is 1. The smallest absolute Gasteiger partial charge is 0.261 e. The van der Waals surface area contributed by atoms with Crippen molar-refractivity contribution in [2.24, 2.45) is 0 Å². The van der Waals surface area contributed by atoms with E-state index in [9.17, 15) is 9.18 Å². The molecule has 2 fully saturated rings. The number of carbonyl (C=O) groups is 1. The summed E-state index contributed by atoms with van der Waals surface area (Å²) in [4.78, 5) is 18.9. The Balaban J connectivity index is 1.38. The summed E-state index contributed by atoms with van der Waals surface area (Å²) >= 11 is 0. The number of likely N-dealkylation sites (tertiary alicyclic amines) is 1. The van der Waals surface area contributed by atoms with Gasteiger partial charge in [-0.1, -0.05) is 5.16 Å². The van der Waals surface area contributed by atoms with Crippen LogP contribution < -0.4 is 4.74 Å². The molecule has 0 aliphatic carbocycles. The molecule has 0 radical (unpaired) electrons. The fraction of sp³-hybridized carbons (Fsp3) is 0.526. The Kier molecular flexibility index (Phi) is 5.33. The van der Waals surface area contributed by atoms with Gasteiger partial charge in [0.15, 0.2) is 12.4 Å². The minimum Gasteiger partial charge on any atom is -0.484 e. The third-order valence-corrected chi connectivity index (χ3v) is 5.08. The van der Waals surface area contributed by atoms with Gasteiger partial charge in [0, 0.05) is 25.7 Å². The van der Waals surface area contributed by atoms with Crippen LogP contribution in [0.3, 0.4) is 0 Å². The maximum Gasteiger partial charge on any atom is 0.261 e. The van der Waals surface area contributed by atoms with Crippen molar-refractivity contribution in [2.45, 2.75) is 37.6 Å². The molecular weight excluding hydrogens is 353 g/mol. The monoisotopic (exact) mass is 375 g/mol. The zero-order chi connectivity index (χ0) is 18.6. The van der Waals surface area contributed by atoms with Crippen LogP contribution in [0.25, 0.3) is 0 Å². The van der Waals surface area contributed by atoms with Gasteiger partial charge in [-0.2, -0.15) is 4.98 Å². The van der Waals surface area contributed by atoms with Crippen LogP contribution in [-0.2, 0) is 9.53 Å². The van der Waals surface area contributed by atoms with E-state index in [-0.39, 0.29) is 30.3 Å². The van der Waals surface area contributed by atoms with Gasteiger partial charge in [0.2, 0.25) is 5.89 Å². The summed E-state index contributed by atoms with van der Waals surface area (Å²) in [6.07, 6.45) is 3.44. The number of carbonyl (C=O) groups excluding carboxylic acids is 1. The largest absolute Gasteiger partial charge is 0.484 e. The Labute approximate surface area is 156 Å². The molecule has 7 nitrogen and oxygen atoms in total. The molecule has 27 heavy (non-hydrogen) atoms. The molecule has 0 saturated carbocycles. The number of benzene rings is 1. The van der Waals surface area contributed by atoms with Gasteiger partial charge in [0.25, 0.3) is 5.91 Å². The molecule has 0 bridgehead atoms. The topological polar surface area (TPSA) is 77.7 Å². The third kappa shape index (κ3) is 4.10. The summed E-state index contributed by atoms with van der Waals surface area (Å²) in [7, 11) is 0. The predicted molar refractivity (Wildman–Crippen MR) is 92.7 cm³/mol. The SMILES string of the molecule is O=C(COc1ccc(F)cc1)N1CCCC1c1nc(C2CCOCC2)no1. The summed E-state index contributed by atoms with van der Waals surface area (Å²) in [5.74, 6) is 1.42. The molecule has 2 aliphatic rings. The van der Waals surface area contributed by atoms with Gasteiger partial charge in [-0.05, 0) is 49.9 Å². The van der Waals surface area contributed by atoms with Crippen molar-refractivity contribution in [2.75, 3.05) is 26.4 Å². The summed E-state index contributed by atoms with van der Waals surface area (Å²) in [5.41, 5.74) is 0. The summed E-state index contributed by atoms with van der Waals surface area (Å²) in [6.45, 7) is 1.95. The highest BCUT2D eigenvalue weighted by Gasteiger charge is 2.35. The Morgan fingerprint density at radius 1 is 1.22 bits per heavy atom. The van der Waals surface area contributed by atoms with Crippen molar-refractivity contribution in [3.63, 3.8) is 0 Å². The molecule has 0 spiro atoms. The highest BCUT2D eigenvalue weighted by Crippen LogP contribution is 2.33. The van der Waals surface area contributed by atoms with Crippen molar-refractivity contribution < 1.29 is 23.2 Å². The van der Waals surface area contributed by atoms with Crippen molar-refractivity contribution in [1.29, 1.82) is 0 Å². The van der Waals surface area contributed by atoms with E-state index in [2.05, 4.69) is 10.1 Å². The highest BCUT2D eigenvalue weighted by molar-refractivity contribution is 5.78. The summed E-state index contributed by atoms with van der Waals surface area (Å²) in [6, 6.07) is 5.39. The lowest BCUT2D eigenvalue weighted by molar-refractivity contribution is -0.134. The van der Waals surface area contributed by atoms with E-state index in [1.54, 1.807) is 4.90 Å². The first kappa shape index (κ1) is 17.9. The van der Waals surface area contributed by atoms with Crippen molar-refractivity contribution in [3.05, 3.63) is 41.8 Å². The first-order chi connectivity index (χ1) is 13.2. The Morgan fingerprint density at radius 3 is 2.78 bits per heavy atom. The Bertz CT molecular complexity index is 774. The van der Waals surface area contributed by atoms with Crippen LogP contribution >= 0.6 is 0 Å². The van der Waals surface area contributed by atoms with E-state index in [0.717, 1.165) is 25.7 Å². The molecule has 2 aliphatic heterocycles. The molecule has 3 heterocycles. The fourth-order valence-corrected chi connectivity index (χ4v) is 3.58. The Morgan fingerprint density at radius 2 is 2.00 bits per heavy atom. The van der Waals surface area contributed by atoms with E-state index in [4.69, 9.17) is 14.0 Å². The average molecular weight is 375 g/mol. The van der Waals surface area contributed by atoms with E-state index in [1.165, 1.54) is 24.3 Å². The number of aromatic nitrogens is 2. The second kappa shape index (κ2) is 8.04. The van der Waals surface area contributed by atoms with Crippen LogP contribution in [-0.4, -0.2) is 47.3 Å².